The first kappa shape index (κ1) is 11.0. The van der Waals surface area contributed by atoms with E-state index in [4.69, 9.17) is 10.5 Å². The number of anilines is 3. The van der Waals surface area contributed by atoms with E-state index in [0.717, 1.165) is 30.2 Å². The number of hydrogen-bond donors (Lipinski definition) is 1. The maximum Gasteiger partial charge on any atom is 0.122 e. The summed E-state index contributed by atoms with van der Waals surface area (Å²) in [6.45, 7) is 0.796. The first-order chi connectivity index (χ1) is 8.74. The average molecular weight is 240 g/mol. The molecular formula is C15H16N2O. The van der Waals surface area contributed by atoms with Crippen molar-refractivity contribution >= 4 is 17.1 Å². The molecule has 0 atom stereocenters. The molecule has 18 heavy (non-hydrogen) atoms. The Kier molecular flexibility index (Phi) is 2.59. The molecular weight excluding hydrogens is 224 g/mol. The predicted molar refractivity (Wildman–Crippen MR) is 74.6 cm³/mol. The quantitative estimate of drug-likeness (QED) is 0.820. The zero-order valence-corrected chi connectivity index (χ0v) is 10.4. The Balaban J connectivity index is 1.92. The van der Waals surface area contributed by atoms with Crippen molar-refractivity contribution in [3.63, 3.8) is 0 Å². The van der Waals surface area contributed by atoms with Crippen LogP contribution < -0.4 is 15.4 Å². The molecule has 1 aliphatic rings. The minimum Gasteiger partial charge on any atom is -0.493 e. The van der Waals surface area contributed by atoms with Gasteiger partial charge in [0.05, 0.1) is 6.61 Å². The molecule has 1 aliphatic heterocycles. The number of fused-ring (bicyclic) bond motifs is 1. The minimum atomic E-state index is 0.787. The molecule has 0 radical (unpaired) electrons. The van der Waals surface area contributed by atoms with Crippen LogP contribution in [0.5, 0.6) is 5.75 Å². The molecule has 3 heteroatoms. The van der Waals surface area contributed by atoms with Crippen LogP contribution in [0.15, 0.2) is 42.5 Å². The third-order valence-corrected chi connectivity index (χ3v) is 3.34. The van der Waals surface area contributed by atoms with Gasteiger partial charge < -0.3 is 15.4 Å². The van der Waals surface area contributed by atoms with Crippen LogP contribution in [0.4, 0.5) is 17.1 Å². The number of nitrogen functional groups attached to an aromatic ring is 1. The van der Waals surface area contributed by atoms with Gasteiger partial charge in [-0.25, -0.2) is 0 Å². The fourth-order valence-electron chi connectivity index (χ4n) is 2.23. The first-order valence-corrected chi connectivity index (χ1v) is 6.09. The second kappa shape index (κ2) is 4.26. The van der Waals surface area contributed by atoms with Crippen molar-refractivity contribution in [1.29, 1.82) is 0 Å². The fourth-order valence-corrected chi connectivity index (χ4v) is 2.23. The van der Waals surface area contributed by atoms with Crippen molar-refractivity contribution in [2.75, 3.05) is 24.3 Å². The van der Waals surface area contributed by atoms with E-state index in [1.165, 1.54) is 11.3 Å². The van der Waals surface area contributed by atoms with Crippen molar-refractivity contribution in [3.8, 4) is 5.75 Å². The molecule has 0 unspecified atom stereocenters. The van der Waals surface area contributed by atoms with Crippen molar-refractivity contribution in [2.45, 2.75) is 6.42 Å². The van der Waals surface area contributed by atoms with Gasteiger partial charge in [0.25, 0.3) is 0 Å². The zero-order valence-electron chi connectivity index (χ0n) is 10.4. The number of rotatable bonds is 2. The first-order valence-electron chi connectivity index (χ1n) is 6.09. The predicted octanol–water partition coefficient (Wildman–Crippen LogP) is 2.97. The van der Waals surface area contributed by atoms with Crippen LogP contribution in [-0.2, 0) is 6.42 Å². The van der Waals surface area contributed by atoms with E-state index in [-0.39, 0.29) is 0 Å². The van der Waals surface area contributed by atoms with Crippen LogP contribution in [-0.4, -0.2) is 13.7 Å². The minimum absolute atomic E-state index is 0.787. The average Bonchev–Trinajstić information content (AvgIpc) is 2.86. The van der Waals surface area contributed by atoms with Gasteiger partial charge in [0.2, 0.25) is 0 Å². The van der Waals surface area contributed by atoms with E-state index < -0.39 is 0 Å². The monoisotopic (exact) mass is 240 g/mol. The van der Waals surface area contributed by atoms with Gasteiger partial charge in [-0.3, -0.25) is 0 Å². The molecule has 0 saturated heterocycles. The fraction of sp³-hybridized carbons (Fsp3) is 0.200. The highest BCUT2D eigenvalue weighted by molar-refractivity contribution is 5.66. The van der Waals surface area contributed by atoms with Gasteiger partial charge in [0, 0.05) is 30.5 Å². The molecule has 0 bridgehead atoms. The van der Waals surface area contributed by atoms with E-state index in [0.29, 0.717) is 0 Å². The number of nitrogens with two attached hydrogens (primary N) is 1. The molecule has 92 valence electrons. The van der Waals surface area contributed by atoms with Crippen LogP contribution in [0, 0.1) is 0 Å². The molecule has 0 spiro atoms. The van der Waals surface area contributed by atoms with Crippen molar-refractivity contribution in [3.05, 3.63) is 48.0 Å². The molecule has 2 aromatic rings. The normalized spacial score (nSPS) is 12.9. The maximum absolute atomic E-state index is 5.70. The second-order valence-electron chi connectivity index (χ2n) is 4.54. The third-order valence-electron chi connectivity index (χ3n) is 3.34. The number of hydrogen-bond acceptors (Lipinski definition) is 3. The smallest absolute Gasteiger partial charge is 0.122 e. The summed E-state index contributed by atoms with van der Waals surface area (Å²) in [5, 5.41) is 0. The summed E-state index contributed by atoms with van der Waals surface area (Å²) < 4.78 is 5.52. The Labute approximate surface area is 107 Å². The number of ether oxygens (including phenoxy) is 1. The van der Waals surface area contributed by atoms with E-state index in [2.05, 4.69) is 24.1 Å². The third kappa shape index (κ3) is 1.88. The van der Waals surface area contributed by atoms with Gasteiger partial charge in [-0.2, -0.15) is 0 Å². The summed E-state index contributed by atoms with van der Waals surface area (Å²) in [6.07, 6.45) is 0.999. The lowest BCUT2D eigenvalue weighted by Gasteiger charge is -2.20. The van der Waals surface area contributed by atoms with Gasteiger partial charge in [-0.05, 0) is 48.0 Å². The van der Waals surface area contributed by atoms with Gasteiger partial charge in [-0.15, -0.1) is 0 Å². The van der Waals surface area contributed by atoms with E-state index in [9.17, 15) is 0 Å². The van der Waals surface area contributed by atoms with Gasteiger partial charge in [0.15, 0.2) is 0 Å². The summed E-state index contributed by atoms with van der Waals surface area (Å²) in [4.78, 5) is 2.15. The van der Waals surface area contributed by atoms with Crippen molar-refractivity contribution < 1.29 is 4.74 Å². The number of benzene rings is 2. The Morgan fingerprint density at radius 3 is 2.56 bits per heavy atom. The van der Waals surface area contributed by atoms with Crippen LogP contribution in [0.25, 0.3) is 0 Å². The van der Waals surface area contributed by atoms with Crippen LogP contribution >= 0.6 is 0 Å². The van der Waals surface area contributed by atoms with E-state index in [1.54, 1.807) is 0 Å². The molecule has 1 heterocycles. The Hall–Kier alpha value is -2.16. The Morgan fingerprint density at radius 2 is 1.78 bits per heavy atom. The number of nitrogens with zero attached hydrogens (tertiary/aromatic N) is 1. The Morgan fingerprint density at radius 1 is 1.06 bits per heavy atom. The summed E-state index contributed by atoms with van der Waals surface area (Å²) in [7, 11) is 2.06. The highest BCUT2D eigenvalue weighted by Gasteiger charge is 2.13. The lowest BCUT2D eigenvalue weighted by atomic mass is 10.1. The van der Waals surface area contributed by atoms with Crippen molar-refractivity contribution in [1.82, 2.24) is 0 Å². The van der Waals surface area contributed by atoms with Crippen LogP contribution in [0.3, 0.4) is 0 Å². The maximum atomic E-state index is 5.70. The highest BCUT2D eigenvalue weighted by atomic mass is 16.5. The largest absolute Gasteiger partial charge is 0.493 e. The zero-order chi connectivity index (χ0) is 12.5. The highest BCUT2D eigenvalue weighted by Crippen LogP contribution is 2.32. The lowest BCUT2D eigenvalue weighted by molar-refractivity contribution is 0.357. The molecule has 3 nitrogen and oxygen atoms in total. The summed E-state index contributed by atoms with van der Waals surface area (Å²) in [5.74, 6) is 1.02. The molecule has 0 amide bonds. The van der Waals surface area contributed by atoms with Crippen LogP contribution in [0.2, 0.25) is 0 Å². The second-order valence-corrected chi connectivity index (χ2v) is 4.54. The topological polar surface area (TPSA) is 38.5 Å². The standard InChI is InChI=1S/C15H16N2O/c1-17(13-4-2-12(16)3-5-13)14-6-7-15-11(10-14)8-9-18-15/h2-7,10H,8-9,16H2,1H3. The molecule has 0 aliphatic carbocycles. The van der Waals surface area contributed by atoms with Crippen molar-refractivity contribution in [2.24, 2.45) is 0 Å². The molecule has 3 rings (SSSR count). The van der Waals surface area contributed by atoms with E-state index in [1.807, 2.05) is 30.3 Å². The van der Waals surface area contributed by atoms with E-state index >= 15 is 0 Å². The summed E-state index contributed by atoms with van der Waals surface area (Å²) >= 11 is 0. The van der Waals surface area contributed by atoms with Crippen LogP contribution in [0.1, 0.15) is 5.56 Å². The van der Waals surface area contributed by atoms with Gasteiger partial charge >= 0.3 is 0 Å². The summed E-state index contributed by atoms with van der Waals surface area (Å²) in [6, 6.07) is 14.2. The molecule has 2 N–H and O–H groups in total. The molecule has 0 aromatic heterocycles. The van der Waals surface area contributed by atoms with Gasteiger partial charge in [0.1, 0.15) is 5.75 Å². The van der Waals surface area contributed by atoms with Gasteiger partial charge in [-0.1, -0.05) is 0 Å². The lowest BCUT2D eigenvalue weighted by Crippen LogP contribution is -2.09. The molecule has 0 saturated carbocycles. The molecule has 0 fully saturated rings. The SMILES string of the molecule is CN(c1ccc(N)cc1)c1ccc2c(c1)CCO2. The Bertz CT molecular complexity index is 563. The molecule has 2 aromatic carbocycles. The summed E-state index contributed by atoms with van der Waals surface area (Å²) in [5.41, 5.74) is 10.1.